The van der Waals surface area contributed by atoms with Gasteiger partial charge in [0.2, 0.25) is 5.91 Å². The molecule has 0 aromatic carbocycles. The molecule has 0 fully saturated rings. The van der Waals surface area contributed by atoms with Gasteiger partial charge in [-0.2, -0.15) is 0 Å². The van der Waals surface area contributed by atoms with Gasteiger partial charge in [-0.05, 0) is 39.4 Å². The van der Waals surface area contributed by atoms with Gasteiger partial charge in [-0.1, -0.05) is 13.3 Å². The van der Waals surface area contributed by atoms with Crippen molar-refractivity contribution in [3.63, 3.8) is 0 Å². The van der Waals surface area contributed by atoms with Gasteiger partial charge in [0, 0.05) is 25.4 Å². The Balaban J connectivity index is 4.49. The number of amides is 1. The highest BCUT2D eigenvalue weighted by Crippen LogP contribution is 2.16. The Morgan fingerprint density at radius 2 is 1.82 bits per heavy atom. The van der Waals surface area contributed by atoms with Crippen molar-refractivity contribution in [2.75, 3.05) is 19.7 Å². The van der Waals surface area contributed by atoms with E-state index in [1.54, 1.807) is 0 Å². The summed E-state index contributed by atoms with van der Waals surface area (Å²) in [6.07, 6.45) is 2.45. The van der Waals surface area contributed by atoms with Crippen LogP contribution in [0, 0.1) is 5.92 Å². The fraction of sp³-hybridized carbons (Fsp3) is 0.846. The third kappa shape index (κ3) is 6.01. The molecule has 0 rings (SSSR count). The van der Waals surface area contributed by atoms with Crippen molar-refractivity contribution >= 4 is 23.2 Å². The van der Waals surface area contributed by atoms with E-state index in [0.29, 0.717) is 18.1 Å². The van der Waals surface area contributed by atoms with Gasteiger partial charge in [0.1, 0.15) is 0 Å². The van der Waals surface area contributed by atoms with E-state index in [2.05, 4.69) is 6.92 Å². The summed E-state index contributed by atoms with van der Waals surface area (Å²) in [7, 11) is 0. The number of hydrogen-bond donors (Lipinski definition) is 0. The minimum atomic E-state index is -0.0149. The molecule has 0 bridgehead atoms. The van der Waals surface area contributed by atoms with Crippen LogP contribution in [0.25, 0.3) is 0 Å². The number of carbonyl (C=O) groups is 1. The van der Waals surface area contributed by atoms with Gasteiger partial charge in [0.05, 0.1) is 6.61 Å². The molecule has 0 aromatic heterocycles. The average molecular weight is 259 g/mol. The Labute approximate surface area is 111 Å². The Hall–Kier alpha value is -0.640. The van der Waals surface area contributed by atoms with Crippen molar-refractivity contribution in [3.8, 4) is 0 Å². The second kappa shape index (κ2) is 9.40. The maximum absolute atomic E-state index is 12.2. The van der Waals surface area contributed by atoms with E-state index >= 15 is 0 Å². The van der Waals surface area contributed by atoms with Gasteiger partial charge in [-0.15, -0.1) is 0 Å². The van der Waals surface area contributed by atoms with Crippen LogP contribution in [0.1, 0.15) is 47.0 Å². The van der Waals surface area contributed by atoms with Crippen molar-refractivity contribution < 1.29 is 9.53 Å². The Morgan fingerprint density at radius 3 is 2.24 bits per heavy atom. The molecule has 1 amide bonds. The first-order valence-electron chi connectivity index (χ1n) is 6.54. The number of ether oxygens (including phenoxy) is 1. The maximum Gasteiger partial charge on any atom is 0.226 e. The molecule has 0 aliphatic carbocycles. The van der Waals surface area contributed by atoms with Gasteiger partial charge in [-0.3, -0.25) is 4.79 Å². The predicted octanol–water partition coefficient (Wildman–Crippen LogP) is 3.03. The summed E-state index contributed by atoms with van der Waals surface area (Å²) in [4.78, 5) is 14.1. The lowest BCUT2D eigenvalue weighted by Crippen LogP contribution is -2.36. The highest BCUT2D eigenvalue weighted by atomic mass is 32.1. The van der Waals surface area contributed by atoms with E-state index in [4.69, 9.17) is 17.0 Å². The van der Waals surface area contributed by atoms with E-state index in [1.165, 1.54) is 0 Å². The monoisotopic (exact) mass is 259 g/mol. The summed E-state index contributed by atoms with van der Waals surface area (Å²) in [6.45, 7) is 10.1. The SMILES string of the molecule is CCCC(CC(=S)OCC)C(=O)N(CC)CC. The largest absolute Gasteiger partial charge is 0.487 e. The Bertz CT molecular complexity index is 240. The highest BCUT2D eigenvalue weighted by Gasteiger charge is 2.23. The minimum Gasteiger partial charge on any atom is -0.487 e. The van der Waals surface area contributed by atoms with Gasteiger partial charge in [0.15, 0.2) is 5.05 Å². The second-order valence-electron chi connectivity index (χ2n) is 4.01. The van der Waals surface area contributed by atoms with E-state index in [-0.39, 0.29) is 11.8 Å². The van der Waals surface area contributed by atoms with Gasteiger partial charge in [0.25, 0.3) is 0 Å². The van der Waals surface area contributed by atoms with Crippen LogP contribution < -0.4 is 0 Å². The van der Waals surface area contributed by atoms with Crippen LogP contribution in [0.5, 0.6) is 0 Å². The molecule has 0 N–H and O–H groups in total. The zero-order valence-electron chi connectivity index (χ0n) is 11.5. The van der Waals surface area contributed by atoms with Gasteiger partial charge >= 0.3 is 0 Å². The summed E-state index contributed by atoms with van der Waals surface area (Å²) in [5.41, 5.74) is 0. The molecular formula is C13H25NO2S. The van der Waals surface area contributed by atoms with Crippen molar-refractivity contribution in [3.05, 3.63) is 0 Å². The smallest absolute Gasteiger partial charge is 0.226 e. The Kier molecular flexibility index (Phi) is 9.04. The lowest BCUT2D eigenvalue weighted by atomic mass is 9.98. The third-order valence-electron chi connectivity index (χ3n) is 2.78. The van der Waals surface area contributed by atoms with Crippen molar-refractivity contribution in [2.45, 2.75) is 47.0 Å². The summed E-state index contributed by atoms with van der Waals surface area (Å²) in [5, 5.41) is 0.562. The van der Waals surface area contributed by atoms with Crippen molar-refractivity contribution in [1.82, 2.24) is 4.90 Å². The predicted molar refractivity (Wildman–Crippen MR) is 75.2 cm³/mol. The normalized spacial score (nSPS) is 12.0. The molecule has 0 radical (unpaired) electrons. The molecule has 17 heavy (non-hydrogen) atoms. The minimum absolute atomic E-state index is 0.0149. The first-order valence-corrected chi connectivity index (χ1v) is 6.95. The highest BCUT2D eigenvalue weighted by molar-refractivity contribution is 7.80. The molecule has 0 saturated heterocycles. The zero-order valence-corrected chi connectivity index (χ0v) is 12.3. The number of nitrogens with zero attached hydrogens (tertiary/aromatic N) is 1. The molecule has 0 aliphatic rings. The van der Waals surface area contributed by atoms with Crippen LogP contribution in [-0.2, 0) is 9.53 Å². The molecule has 4 heteroatoms. The average Bonchev–Trinajstić information content (AvgIpc) is 2.30. The summed E-state index contributed by atoms with van der Waals surface area (Å²) in [6, 6.07) is 0. The molecule has 0 aliphatic heterocycles. The van der Waals surface area contributed by atoms with Crippen molar-refractivity contribution in [1.29, 1.82) is 0 Å². The molecule has 0 spiro atoms. The van der Waals surface area contributed by atoms with E-state index < -0.39 is 0 Å². The first-order chi connectivity index (χ1) is 8.10. The van der Waals surface area contributed by atoms with E-state index in [0.717, 1.165) is 25.9 Å². The van der Waals surface area contributed by atoms with Crippen LogP contribution in [0.15, 0.2) is 0 Å². The number of carbonyl (C=O) groups excluding carboxylic acids is 1. The van der Waals surface area contributed by atoms with Crippen LogP contribution in [0.4, 0.5) is 0 Å². The van der Waals surface area contributed by atoms with Gasteiger partial charge in [-0.25, -0.2) is 0 Å². The molecule has 0 aromatic rings. The molecule has 1 atom stereocenters. The Morgan fingerprint density at radius 1 is 1.24 bits per heavy atom. The van der Waals surface area contributed by atoms with E-state index in [9.17, 15) is 4.79 Å². The fourth-order valence-electron chi connectivity index (χ4n) is 1.88. The number of rotatable bonds is 8. The third-order valence-corrected chi connectivity index (χ3v) is 3.06. The number of hydrogen-bond acceptors (Lipinski definition) is 3. The molecule has 1 unspecified atom stereocenters. The molecule has 100 valence electrons. The topological polar surface area (TPSA) is 29.5 Å². The zero-order chi connectivity index (χ0) is 13.3. The van der Waals surface area contributed by atoms with Crippen molar-refractivity contribution in [2.24, 2.45) is 5.92 Å². The molecule has 3 nitrogen and oxygen atoms in total. The first kappa shape index (κ1) is 16.4. The second-order valence-corrected chi connectivity index (χ2v) is 4.46. The lowest BCUT2D eigenvalue weighted by Gasteiger charge is -2.25. The van der Waals surface area contributed by atoms with Crippen LogP contribution in [-0.4, -0.2) is 35.6 Å². The van der Waals surface area contributed by atoms with Crippen LogP contribution >= 0.6 is 12.2 Å². The molecular weight excluding hydrogens is 234 g/mol. The summed E-state index contributed by atoms with van der Waals surface area (Å²) in [5.74, 6) is 0.192. The molecule has 0 heterocycles. The summed E-state index contributed by atoms with van der Waals surface area (Å²) >= 11 is 5.13. The standard InChI is InChI=1S/C13H25NO2S/c1-5-9-11(10-12(17)16-8-4)13(15)14(6-2)7-3/h11H,5-10H2,1-4H3. The van der Waals surface area contributed by atoms with Crippen LogP contribution in [0.2, 0.25) is 0 Å². The summed E-state index contributed by atoms with van der Waals surface area (Å²) < 4.78 is 5.28. The van der Waals surface area contributed by atoms with Gasteiger partial charge < -0.3 is 9.64 Å². The lowest BCUT2D eigenvalue weighted by molar-refractivity contribution is -0.135. The number of thiocarbonyl (C=S) groups is 1. The maximum atomic E-state index is 12.2. The quantitative estimate of drug-likeness (QED) is 0.628. The fourth-order valence-corrected chi connectivity index (χ4v) is 2.19. The molecule has 0 saturated carbocycles. The van der Waals surface area contributed by atoms with Crippen LogP contribution in [0.3, 0.4) is 0 Å². The van der Waals surface area contributed by atoms with E-state index in [1.807, 2.05) is 25.7 Å².